The molecule has 0 radical (unpaired) electrons. The van der Waals surface area contributed by atoms with Gasteiger partial charge >= 0.3 is 0 Å². The van der Waals surface area contributed by atoms with E-state index in [0.29, 0.717) is 4.90 Å². The third kappa shape index (κ3) is 4.59. The first-order valence-electron chi connectivity index (χ1n) is 7.86. The second-order valence-electron chi connectivity index (χ2n) is 5.90. The molecular formula is C21H23FS. The van der Waals surface area contributed by atoms with E-state index >= 15 is 0 Å². The van der Waals surface area contributed by atoms with Gasteiger partial charge in [-0.25, -0.2) is 0 Å². The Kier molecular flexibility index (Phi) is 6.23. The SMILES string of the molecule is C=C(CC)c1ccc(CC(C(=C)C)c2ccc(SF)cc2)cc1. The molecule has 1 atom stereocenters. The van der Waals surface area contributed by atoms with Crippen molar-refractivity contribution in [1.29, 1.82) is 0 Å². The molecule has 0 spiro atoms. The normalized spacial score (nSPS) is 12.0. The molecule has 0 bridgehead atoms. The molecule has 23 heavy (non-hydrogen) atoms. The molecule has 0 aliphatic heterocycles. The molecule has 120 valence electrons. The van der Waals surface area contributed by atoms with E-state index in [1.807, 2.05) is 24.3 Å². The van der Waals surface area contributed by atoms with Crippen LogP contribution in [0.15, 0.2) is 72.2 Å². The summed E-state index contributed by atoms with van der Waals surface area (Å²) in [4.78, 5) is 0.636. The van der Waals surface area contributed by atoms with Crippen molar-refractivity contribution in [2.45, 2.75) is 37.5 Å². The van der Waals surface area contributed by atoms with Gasteiger partial charge in [-0.15, -0.1) is 0 Å². The average molecular weight is 326 g/mol. The fraction of sp³-hybridized carbons (Fsp3) is 0.238. The lowest BCUT2D eigenvalue weighted by molar-refractivity contribution is 0.787. The molecule has 0 N–H and O–H groups in total. The lowest BCUT2D eigenvalue weighted by Gasteiger charge is -2.18. The van der Waals surface area contributed by atoms with E-state index < -0.39 is 0 Å². The van der Waals surface area contributed by atoms with Crippen LogP contribution in [0.25, 0.3) is 5.57 Å². The standard InChI is InChI=1S/C21H23FS/c1-5-16(4)18-8-6-17(7-9-18)14-21(15(2)3)19-10-12-20(23-22)13-11-19/h6-13,21H,2,4-5,14H2,1,3H3. The van der Waals surface area contributed by atoms with Crippen molar-refractivity contribution in [3.63, 3.8) is 0 Å². The summed E-state index contributed by atoms with van der Waals surface area (Å²) in [6.07, 6.45) is 1.86. The van der Waals surface area contributed by atoms with Crippen LogP contribution in [0.4, 0.5) is 3.89 Å². The van der Waals surface area contributed by atoms with E-state index in [0.717, 1.165) is 24.0 Å². The third-order valence-corrected chi connectivity index (χ3v) is 4.65. The maximum atomic E-state index is 12.6. The molecule has 1 unspecified atom stereocenters. The van der Waals surface area contributed by atoms with Crippen molar-refractivity contribution in [1.82, 2.24) is 0 Å². The van der Waals surface area contributed by atoms with Gasteiger partial charge in [0.05, 0.1) is 12.1 Å². The lowest BCUT2D eigenvalue weighted by atomic mass is 9.87. The van der Waals surface area contributed by atoms with Gasteiger partial charge in [-0.05, 0) is 54.2 Å². The zero-order chi connectivity index (χ0) is 16.8. The van der Waals surface area contributed by atoms with Crippen LogP contribution in [-0.4, -0.2) is 0 Å². The highest BCUT2D eigenvalue weighted by atomic mass is 32.2. The van der Waals surface area contributed by atoms with Gasteiger partial charge in [-0.1, -0.05) is 62.1 Å². The fourth-order valence-electron chi connectivity index (χ4n) is 2.64. The van der Waals surface area contributed by atoms with E-state index in [4.69, 9.17) is 0 Å². The summed E-state index contributed by atoms with van der Waals surface area (Å²) in [6, 6.07) is 16.2. The molecule has 0 heterocycles. The summed E-state index contributed by atoms with van der Waals surface area (Å²) in [6.45, 7) is 12.4. The molecule has 0 aromatic heterocycles. The van der Waals surface area contributed by atoms with Gasteiger partial charge in [0, 0.05) is 10.8 Å². The number of hydrogen-bond acceptors (Lipinski definition) is 1. The van der Waals surface area contributed by atoms with Crippen LogP contribution in [0.5, 0.6) is 0 Å². The Morgan fingerprint density at radius 2 is 1.65 bits per heavy atom. The molecule has 2 rings (SSSR count). The van der Waals surface area contributed by atoms with Gasteiger partial charge in [-0.2, -0.15) is 3.89 Å². The second kappa shape index (κ2) is 8.16. The zero-order valence-electron chi connectivity index (χ0n) is 13.8. The summed E-state index contributed by atoms with van der Waals surface area (Å²) in [5.41, 5.74) is 5.93. The van der Waals surface area contributed by atoms with Gasteiger partial charge in [0.15, 0.2) is 0 Å². The lowest BCUT2D eigenvalue weighted by Crippen LogP contribution is -2.04. The largest absolute Gasteiger partial charge is 0.160 e. The molecule has 2 aromatic rings. The first-order valence-corrected chi connectivity index (χ1v) is 8.57. The van der Waals surface area contributed by atoms with Crippen molar-refractivity contribution in [3.05, 3.63) is 84.0 Å². The summed E-state index contributed by atoms with van der Waals surface area (Å²) >= 11 is 0.277. The van der Waals surface area contributed by atoms with Crippen LogP contribution in [0, 0.1) is 0 Å². The molecule has 2 heteroatoms. The smallest absolute Gasteiger partial charge is 0.0812 e. The summed E-state index contributed by atoms with van der Waals surface area (Å²) in [7, 11) is 0. The van der Waals surface area contributed by atoms with Crippen LogP contribution in [0.2, 0.25) is 0 Å². The molecule has 0 amide bonds. The second-order valence-corrected chi connectivity index (χ2v) is 6.53. The monoisotopic (exact) mass is 326 g/mol. The highest BCUT2D eigenvalue weighted by Gasteiger charge is 2.13. The Bertz CT molecular complexity index is 668. The first-order chi connectivity index (χ1) is 11.0. The molecule has 0 nitrogen and oxygen atoms in total. The minimum Gasteiger partial charge on any atom is -0.160 e. The number of halogens is 1. The van der Waals surface area contributed by atoms with Gasteiger partial charge in [0.1, 0.15) is 0 Å². The maximum Gasteiger partial charge on any atom is 0.0812 e. The van der Waals surface area contributed by atoms with Gasteiger partial charge in [-0.3, -0.25) is 0 Å². The van der Waals surface area contributed by atoms with E-state index in [9.17, 15) is 3.89 Å². The Labute approximate surface area is 143 Å². The van der Waals surface area contributed by atoms with Crippen molar-refractivity contribution in [2.75, 3.05) is 0 Å². The minimum atomic E-state index is 0.244. The molecule has 2 aromatic carbocycles. The molecule has 0 saturated heterocycles. The number of rotatable bonds is 7. The Morgan fingerprint density at radius 1 is 1.04 bits per heavy atom. The van der Waals surface area contributed by atoms with E-state index in [-0.39, 0.29) is 18.1 Å². The van der Waals surface area contributed by atoms with Crippen LogP contribution < -0.4 is 0 Å². The van der Waals surface area contributed by atoms with Gasteiger partial charge in [0.25, 0.3) is 0 Å². The van der Waals surface area contributed by atoms with Crippen molar-refractivity contribution in [2.24, 2.45) is 0 Å². The molecule has 0 saturated carbocycles. The predicted octanol–water partition coefficient (Wildman–Crippen LogP) is 6.99. The van der Waals surface area contributed by atoms with Gasteiger partial charge < -0.3 is 0 Å². The molecule has 0 aliphatic carbocycles. The number of allylic oxidation sites excluding steroid dienone is 2. The molecular weight excluding hydrogens is 303 g/mol. The quantitative estimate of drug-likeness (QED) is 0.494. The summed E-state index contributed by atoms with van der Waals surface area (Å²) < 4.78 is 12.6. The van der Waals surface area contributed by atoms with E-state index in [2.05, 4.69) is 51.3 Å². The highest BCUT2D eigenvalue weighted by molar-refractivity contribution is 7.94. The molecule has 0 aliphatic rings. The van der Waals surface area contributed by atoms with Crippen LogP contribution >= 0.6 is 12.1 Å². The fourth-order valence-corrected chi connectivity index (χ4v) is 2.88. The van der Waals surface area contributed by atoms with Crippen molar-refractivity contribution < 1.29 is 3.89 Å². The van der Waals surface area contributed by atoms with E-state index in [1.54, 1.807) is 0 Å². The average Bonchev–Trinajstić information content (AvgIpc) is 2.59. The van der Waals surface area contributed by atoms with Crippen LogP contribution in [-0.2, 0) is 6.42 Å². The topological polar surface area (TPSA) is 0 Å². The highest BCUT2D eigenvalue weighted by Crippen LogP contribution is 2.30. The van der Waals surface area contributed by atoms with E-state index in [1.165, 1.54) is 16.7 Å². The summed E-state index contributed by atoms with van der Waals surface area (Å²) in [5.74, 6) is 0.244. The minimum absolute atomic E-state index is 0.244. The Morgan fingerprint density at radius 3 is 2.13 bits per heavy atom. The zero-order valence-corrected chi connectivity index (χ0v) is 14.6. The van der Waals surface area contributed by atoms with Crippen LogP contribution in [0.3, 0.4) is 0 Å². The predicted molar refractivity (Wildman–Crippen MR) is 100 cm³/mol. The third-order valence-electron chi connectivity index (χ3n) is 4.20. The maximum absolute atomic E-state index is 12.6. The molecule has 0 fully saturated rings. The number of benzene rings is 2. The van der Waals surface area contributed by atoms with Gasteiger partial charge in [0.2, 0.25) is 0 Å². The first kappa shape index (κ1) is 17.6. The number of hydrogen-bond donors (Lipinski definition) is 0. The van der Waals surface area contributed by atoms with Crippen molar-refractivity contribution in [3.8, 4) is 0 Å². The Balaban J connectivity index is 2.18. The summed E-state index contributed by atoms with van der Waals surface area (Å²) in [5, 5.41) is 0. The van der Waals surface area contributed by atoms with Crippen molar-refractivity contribution >= 4 is 17.7 Å². The van der Waals surface area contributed by atoms with Crippen LogP contribution in [0.1, 0.15) is 42.9 Å². The Hall–Kier alpha value is -1.80.